The van der Waals surface area contributed by atoms with Crippen molar-refractivity contribution < 1.29 is 9.47 Å². The molecule has 1 rings (SSSR count). The minimum atomic E-state index is -0.0953. The summed E-state index contributed by atoms with van der Waals surface area (Å²) in [4.78, 5) is 0. The molecule has 2 atom stereocenters. The summed E-state index contributed by atoms with van der Waals surface area (Å²) in [6.07, 6.45) is 6.39. The average Bonchev–Trinajstić information content (AvgIpc) is 2.78. The van der Waals surface area contributed by atoms with Gasteiger partial charge in [0.2, 0.25) is 0 Å². The van der Waals surface area contributed by atoms with Crippen molar-refractivity contribution in [2.45, 2.75) is 45.4 Å². The SMILES string of the molecule is CCC1CCC(C#N)(CCOCCCOC)C1. The fourth-order valence-electron chi connectivity index (χ4n) is 2.65. The van der Waals surface area contributed by atoms with Gasteiger partial charge in [-0.1, -0.05) is 13.3 Å². The molecule has 2 unspecified atom stereocenters. The Morgan fingerprint density at radius 1 is 1.35 bits per heavy atom. The van der Waals surface area contributed by atoms with E-state index in [1.165, 1.54) is 12.8 Å². The second-order valence-corrected chi connectivity index (χ2v) is 5.12. The molecule has 0 aromatic rings. The van der Waals surface area contributed by atoms with Gasteiger partial charge in [0.1, 0.15) is 0 Å². The van der Waals surface area contributed by atoms with Crippen molar-refractivity contribution in [3.63, 3.8) is 0 Å². The first-order valence-electron chi connectivity index (χ1n) is 6.74. The van der Waals surface area contributed by atoms with Gasteiger partial charge in [0.05, 0.1) is 11.5 Å². The standard InChI is InChI=1S/C14H25NO2/c1-3-13-5-6-14(11-13,12-15)7-10-17-9-4-8-16-2/h13H,3-11H2,1-2H3. The monoisotopic (exact) mass is 239 g/mol. The van der Waals surface area contributed by atoms with E-state index in [4.69, 9.17) is 9.47 Å². The van der Waals surface area contributed by atoms with Crippen molar-refractivity contribution >= 4 is 0 Å². The van der Waals surface area contributed by atoms with Crippen LogP contribution in [0.2, 0.25) is 0 Å². The predicted octanol–water partition coefficient (Wildman–Crippen LogP) is 3.15. The molecule has 0 radical (unpaired) electrons. The van der Waals surface area contributed by atoms with Crippen molar-refractivity contribution in [1.29, 1.82) is 5.26 Å². The Morgan fingerprint density at radius 3 is 2.76 bits per heavy atom. The van der Waals surface area contributed by atoms with Gasteiger partial charge in [-0.15, -0.1) is 0 Å². The molecule has 17 heavy (non-hydrogen) atoms. The maximum Gasteiger partial charge on any atom is 0.0690 e. The summed E-state index contributed by atoms with van der Waals surface area (Å²) in [7, 11) is 1.70. The van der Waals surface area contributed by atoms with E-state index in [9.17, 15) is 5.26 Å². The fourth-order valence-corrected chi connectivity index (χ4v) is 2.65. The van der Waals surface area contributed by atoms with Crippen LogP contribution in [0, 0.1) is 22.7 Å². The van der Waals surface area contributed by atoms with Crippen LogP contribution in [0.25, 0.3) is 0 Å². The number of nitrogens with zero attached hydrogens (tertiary/aromatic N) is 1. The predicted molar refractivity (Wildman–Crippen MR) is 67.6 cm³/mol. The van der Waals surface area contributed by atoms with Gasteiger partial charge < -0.3 is 9.47 Å². The molecule has 0 N–H and O–H groups in total. The van der Waals surface area contributed by atoms with Crippen molar-refractivity contribution in [1.82, 2.24) is 0 Å². The molecule has 0 heterocycles. The minimum Gasteiger partial charge on any atom is -0.385 e. The largest absolute Gasteiger partial charge is 0.385 e. The quantitative estimate of drug-likeness (QED) is 0.611. The molecule has 0 saturated heterocycles. The molecule has 1 aliphatic rings. The summed E-state index contributed by atoms with van der Waals surface area (Å²) in [5.41, 5.74) is -0.0953. The molecular weight excluding hydrogens is 214 g/mol. The van der Waals surface area contributed by atoms with E-state index in [-0.39, 0.29) is 5.41 Å². The van der Waals surface area contributed by atoms with Crippen molar-refractivity contribution in [3.8, 4) is 6.07 Å². The van der Waals surface area contributed by atoms with Crippen LogP contribution >= 0.6 is 0 Å². The van der Waals surface area contributed by atoms with Gasteiger partial charge in [-0.3, -0.25) is 0 Å². The molecule has 1 aliphatic carbocycles. The first-order chi connectivity index (χ1) is 8.26. The lowest BCUT2D eigenvalue weighted by Gasteiger charge is -2.20. The van der Waals surface area contributed by atoms with E-state index in [1.807, 2.05) is 0 Å². The molecular formula is C14H25NO2. The Labute approximate surface area is 105 Å². The molecule has 0 aromatic carbocycles. The van der Waals surface area contributed by atoms with E-state index < -0.39 is 0 Å². The van der Waals surface area contributed by atoms with Gasteiger partial charge in [0.15, 0.2) is 0 Å². The third-order valence-electron chi connectivity index (χ3n) is 3.89. The second-order valence-electron chi connectivity index (χ2n) is 5.12. The minimum absolute atomic E-state index is 0.0953. The van der Waals surface area contributed by atoms with Gasteiger partial charge in [0.25, 0.3) is 0 Å². The van der Waals surface area contributed by atoms with E-state index >= 15 is 0 Å². The number of nitriles is 1. The van der Waals surface area contributed by atoms with Gasteiger partial charge in [-0.2, -0.15) is 5.26 Å². The van der Waals surface area contributed by atoms with Crippen LogP contribution in [0.5, 0.6) is 0 Å². The highest BCUT2D eigenvalue weighted by Gasteiger charge is 2.38. The molecule has 3 nitrogen and oxygen atoms in total. The van der Waals surface area contributed by atoms with Crippen LogP contribution in [-0.4, -0.2) is 26.9 Å². The van der Waals surface area contributed by atoms with Crippen LogP contribution in [0.1, 0.15) is 45.4 Å². The van der Waals surface area contributed by atoms with Crippen LogP contribution < -0.4 is 0 Å². The molecule has 3 heteroatoms. The molecule has 0 bridgehead atoms. The lowest BCUT2D eigenvalue weighted by atomic mass is 9.83. The van der Waals surface area contributed by atoms with E-state index in [0.717, 1.165) is 44.8 Å². The summed E-state index contributed by atoms with van der Waals surface area (Å²) in [5, 5.41) is 9.35. The maximum atomic E-state index is 9.35. The number of hydrogen-bond acceptors (Lipinski definition) is 3. The lowest BCUT2D eigenvalue weighted by Crippen LogP contribution is -2.17. The van der Waals surface area contributed by atoms with E-state index in [1.54, 1.807) is 7.11 Å². The molecule has 1 fully saturated rings. The highest BCUT2D eigenvalue weighted by molar-refractivity contribution is 5.03. The normalized spacial score (nSPS) is 28.2. The van der Waals surface area contributed by atoms with Gasteiger partial charge in [-0.05, 0) is 38.0 Å². The molecule has 0 aliphatic heterocycles. The Kier molecular flexibility index (Phi) is 6.54. The van der Waals surface area contributed by atoms with Crippen molar-refractivity contribution in [3.05, 3.63) is 0 Å². The van der Waals surface area contributed by atoms with Crippen LogP contribution in [0.15, 0.2) is 0 Å². The Bertz CT molecular complexity index is 249. The van der Waals surface area contributed by atoms with Crippen LogP contribution in [-0.2, 0) is 9.47 Å². The first kappa shape index (κ1) is 14.5. The number of rotatable bonds is 8. The Balaban J connectivity index is 2.18. The number of hydrogen-bond donors (Lipinski definition) is 0. The molecule has 0 aromatic heterocycles. The molecule has 0 amide bonds. The highest BCUT2D eigenvalue weighted by atomic mass is 16.5. The summed E-state index contributed by atoms with van der Waals surface area (Å²) in [5.74, 6) is 0.753. The van der Waals surface area contributed by atoms with Gasteiger partial charge in [0, 0.05) is 26.9 Å². The van der Waals surface area contributed by atoms with E-state index in [2.05, 4.69) is 13.0 Å². The summed E-state index contributed by atoms with van der Waals surface area (Å²) in [6.45, 7) is 4.43. The average molecular weight is 239 g/mol. The third kappa shape index (κ3) is 4.65. The van der Waals surface area contributed by atoms with Crippen molar-refractivity contribution in [2.75, 3.05) is 26.9 Å². The Morgan fingerprint density at radius 2 is 2.18 bits per heavy atom. The summed E-state index contributed by atoms with van der Waals surface area (Å²) >= 11 is 0. The molecule has 1 saturated carbocycles. The smallest absolute Gasteiger partial charge is 0.0690 e. The maximum absolute atomic E-state index is 9.35. The van der Waals surface area contributed by atoms with Gasteiger partial charge >= 0.3 is 0 Å². The first-order valence-corrected chi connectivity index (χ1v) is 6.74. The highest BCUT2D eigenvalue weighted by Crippen LogP contribution is 2.45. The topological polar surface area (TPSA) is 42.2 Å². The van der Waals surface area contributed by atoms with Crippen LogP contribution in [0.3, 0.4) is 0 Å². The number of methoxy groups -OCH3 is 1. The fraction of sp³-hybridized carbons (Fsp3) is 0.929. The molecule has 98 valence electrons. The third-order valence-corrected chi connectivity index (χ3v) is 3.89. The second kappa shape index (κ2) is 7.68. The zero-order valence-electron chi connectivity index (χ0n) is 11.2. The van der Waals surface area contributed by atoms with Gasteiger partial charge in [-0.25, -0.2) is 0 Å². The zero-order valence-corrected chi connectivity index (χ0v) is 11.2. The Hall–Kier alpha value is -0.590. The zero-order chi connectivity index (χ0) is 12.6. The summed E-state index contributed by atoms with van der Waals surface area (Å²) < 4.78 is 10.5. The molecule has 0 spiro atoms. The lowest BCUT2D eigenvalue weighted by molar-refractivity contribution is 0.0862. The van der Waals surface area contributed by atoms with Crippen LogP contribution in [0.4, 0.5) is 0 Å². The van der Waals surface area contributed by atoms with Crippen molar-refractivity contribution in [2.24, 2.45) is 11.3 Å². The summed E-state index contributed by atoms with van der Waals surface area (Å²) in [6, 6.07) is 2.54. The number of ether oxygens (including phenoxy) is 2. The van der Waals surface area contributed by atoms with E-state index in [0.29, 0.717) is 6.61 Å².